The largest absolute Gasteiger partial charge is 0.504 e. The molecule has 8 heteroatoms. The van der Waals surface area contributed by atoms with Crippen LogP contribution in [0.3, 0.4) is 0 Å². The van der Waals surface area contributed by atoms with Crippen molar-refractivity contribution in [3.8, 4) is 17.0 Å². The number of benzene rings is 1. The molecular weight excluding hydrogens is 354 g/mol. The molecule has 5 aromatic rings. The molecule has 0 aliphatic heterocycles. The van der Waals surface area contributed by atoms with E-state index in [9.17, 15) is 5.11 Å². The quantitative estimate of drug-likeness (QED) is 0.522. The van der Waals surface area contributed by atoms with Gasteiger partial charge in [-0.2, -0.15) is 9.61 Å². The lowest BCUT2D eigenvalue weighted by Gasteiger charge is -2.17. The molecule has 0 aliphatic rings. The number of fused-ring (bicyclic) bond motifs is 2. The minimum absolute atomic E-state index is 0.00432. The van der Waals surface area contributed by atoms with Crippen LogP contribution in [0.2, 0.25) is 0 Å². The molecule has 0 saturated heterocycles. The van der Waals surface area contributed by atoms with Gasteiger partial charge in [-0.25, -0.2) is 4.98 Å². The summed E-state index contributed by atoms with van der Waals surface area (Å²) in [5.41, 5.74) is 3.68. The van der Waals surface area contributed by atoms with Gasteiger partial charge in [-0.05, 0) is 24.3 Å². The van der Waals surface area contributed by atoms with Crippen LogP contribution in [0.4, 0.5) is 11.8 Å². The third-order valence-corrected chi connectivity index (χ3v) is 4.48. The topological polar surface area (TPSA) is 92.3 Å². The van der Waals surface area contributed by atoms with Gasteiger partial charge in [0.15, 0.2) is 17.2 Å². The van der Waals surface area contributed by atoms with Gasteiger partial charge in [-0.1, -0.05) is 30.3 Å². The van der Waals surface area contributed by atoms with E-state index < -0.39 is 0 Å². The van der Waals surface area contributed by atoms with E-state index in [1.807, 2.05) is 48.5 Å². The summed E-state index contributed by atoms with van der Waals surface area (Å²) < 4.78 is 1.64. The minimum Gasteiger partial charge on any atom is -0.504 e. The highest BCUT2D eigenvalue weighted by Gasteiger charge is 2.19. The number of aromatic hydroxyl groups is 1. The first-order chi connectivity index (χ1) is 13.7. The van der Waals surface area contributed by atoms with Gasteiger partial charge < -0.3 is 5.11 Å². The van der Waals surface area contributed by atoms with Gasteiger partial charge >= 0.3 is 0 Å². The van der Waals surface area contributed by atoms with Gasteiger partial charge in [0.25, 0.3) is 5.95 Å². The molecule has 0 atom stereocenters. The maximum absolute atomic E-state index is 10.5. The highest BCUT2D eigenvalue weighted by Crippen LogP contribution is 2.31. The summed E-state index contributed by atoms with van der Waals surface area (Å²) in [6.07, 6.45) is 1.66. The van der Waals surface area contributed by atoms with Crippen LogP contribution in [0.1, 0.15) is 0 Å². The maximum atomic E-state index is 10.5. The van der Waals surface area contributed by atoms with Gasteiger partial charge in [0.2, 0.25) is 0 Å². The van der Waals surface area contributed by atoms with Gasteiger partial charge in [0.1, 0.15) is 0 Å². The van der Waals surface area contributed by atoms with Crippen molar-refractivity contribution in [2.75, 3.05) is 11.9 Å². The Bertz CT molecular complexity index is 1300. The van der Waals surface area contributed by atoms with E-state index in [1.54, 1.807) is 34.8 Å². The minimum atomic E-state index is 0.00432. The molecule has 0 spiro atoms. The standard InChI is InChI=1S/C20H15N7O/c1-26(19-17(28)12-16-15(22-19)8-5-11-21-16)20-24-23-18-10-9-14(25-27(18)20)13-6-3-2-4-7-13/h2-12,28H,1H3. The summed E-state index contributed by atoms with van der Waals surface area (Å²) in [4.78, 5) is 10.4. The van der Waals surface area contributed by atoms with E-state index in [-0.39, 0.29) is 5.75 Å². The molecule has 136 valence electrons. The van der Waals surface area contributed by atoms with Gasteiger partial charge in [0, 0.05) is 24.9 Å². The molecule has 28 heavy (non-hydrogen) atoms. The van der Waals surface area contributed by atoms with Crippen LogP contribution in [0.5, 0.6) is 5.75 Å². The van der Waals surface area contributed by atoms with E-state index >= 15 is 0 Å². The van der Waals surface area contributed by atoms with Crippen LogP contribution < -0.4 is 4.90 Å². The molecule has 1 aromatic carbocycles. The first kappa shape index (κ1) is 16.1. The Morgan fingerprint density at radius 2 is 1.79 bits per heavy atom. The molecule has 1 N–H and O–H groups in total. The predicted molar refractivity (Wildman–Crippen MR) is 105 cm³/mol. The summed E-state index contributed by atoms with van der Waals surface area (Å²) in [6, 6.07) is 18.9. The predicted octanol–water partition coefficient (Wildman–Crippen LogP) is 3.21. The van der Waals surface area contributed by atoms with Crippen LogP contribution in [0.15, 0.2) is 66.9 Å². The summed E-state index contributed by atoms with van der Waals surface area (Å²) >= 11 is 0. The Balaban J connectivity index is 1.64. The molecule has 0 radical (unpaired) electrons. The first-order valence-electron chi connectivity index (χ1n) is 8.67. The Morgan fingerprint density at radius 1 is 0.929 bits per heavy atom. The molecule has 5 rings (SSSR count). The molecule has 4 heterocycles. The lowest BCUT2D eigenvalue weighted by atomic mass is 10.1. The summed E-state index contributed by atoms with van der Waals surface area (Å²) in [5, 5.41) is 23.5. The highest BCUT2D eigenvalue weighted by molar-refractivity contribution is 5.80. The van der Waals surface area contributed by atoms with Crippen LogP contribution >= 0.6 is 0 Å². The second-order valence-electron chi connectivity index (χ2n) is 6.29. The Labute approximate surface area is 159 Å². The summed E-state index contributed by atoms with van der Waals surface area (Å²) in [7, 11) is 1.76. The summed E-state index contributed by atoms with van der Waals surface area (Å²) in [6.45, 7) is 0. The second-order valence-corrected chi connectivity index (χ2v) is 6.29. The monoisotopic (exact) mass is 369 g/mol. The number of hydrogen-bond acceptors (Lipinski definition) is 7. The average Bonchev–Trinajstić information content (AvgIpc) is 3.16. The zero-order valence-corrected chi connectivity index (χ0v) is 14.9. The Kier molecular flexibility index (Phi) is 3.61. The molecule has 0 saturated carbocycles. The fourth-order valence-corrected chi connectivity index (χ4v) is 3.07. The third-order valence-electron chi connectivity index (χ3n) is 4.48. The van der Waals surface area contributed by atoms with E-state index in [0.29, 0.717) is 28.4 Å². The van der Waals surface area contributed by atoms with Crippen molar-refractivity contribution >= 4 is 28.4 Å². The van der Waals surface area contributed by atoms with E-state index in [0.717, 1.165) is 11.3 Å². The molecule has 0 aliphatic carbocycles. The van der Waals surface area contributed by atoms with Crippen molar-refractivity contribution in [1.82, 2.24) is 29.8 Å². The molecule has 0 unspecified atom stereocenters. The fourth-order valence-electron chi connectivity index (χ4n) is 3.07. The van der Waals surface area contributed by atoms with Crippen LogP contribution in [-0.2, 0) is 0 Å². The van der Waals surface area contributed by atoms with Crippen molar-refractivity contribution in [3.05, 3.63) is 66.9 Å². The maximum Gasteiger partial charge on any atom is 0.254 e. The second kappa shape index (κ2) is 6.27. The molecule has 0 amide bonds. The van der Waals surface area contributed by atoms with Gasteiger partial charge in [-0.3, -0.25) is 9.88 Å². The Morgan fingerprint density at radius 3 is 2.64 bits per heavy atom. The van der Waals surface area contributed by atoms with Crippen LogP contribution in [0.25, 0.3) is 27.9 Å². The fraction of sp³-hybridized carbons (Fsp3) is 0.0500. The van der Waals surface area contributed by atoms with Crippen molar-refractivity contribution < 1.29 is 5.11 Å². The normalized spacial score (nSPS) is 11.2. The number of pyridine rings is 2. The molecule has 0 bridgehead atoms. The first-order valence-corrected chi connectivity index (χ1v) is 8.67. The van der Waals surface area contributed by atoms with Gasteiger partial charge in [0.05, 0.1) is 16.7 Å². The van der Waals surface area contributed by atoms with Crippen LogP contribution in [-0.4, -0.2) is 41.9 Å². The zero-order valence-electron chi connectivity index (χ0n) is 14.9. The number of aromatic nitrogens is 6. The van der Waals surface area contributed by atoms with E-state index in [4.69, 9.17) is 0 Å². The molecular formula is C20H15N7O. The van der Waals surface area contributed by atoms with E-state index in [2.05, 4.69) is 25.3 Å². The SMILES string of the molecule is CN(c1nc2cccnc2cc1O)c1nnc2ccc(-c3ccccc3)nn12. The molecule has 8 nitrogen and oxygen atoms in total. The summed E-state index contributed by atoms with van der Waals surface area (Å²) in [5.74, 6) is 0.796. The van der Waals surface area contributed by atoms with Gasteiger partial charge in [-0.15, -0.1) is 10.2 Å². The highest BCUT2D eigenvalue weighted by atomic mass is 16.3. The van der Waals surface area contributed by atoms with Crippen molar-refractivity contribution in [1.29, 1.82) is 0 Å². The number of hydrogen-bond donors (Lipinski definition) is 1. The van der Waals surface area contributed by atoms with Crippen LogP contribution in [0, 0.1) is 0 Å². The number of anilines is 2. The third kappa shape index (κ3) is 2.59. The van der Waals surface area contributed by atoms with Crippen molar-refractivity contribution in [2.24, 2.45) is 0 Å². The smallest absolute Gasteiger partial charge is 0.254 e. The lowest BCUT2D eigenvalue weighted by molar-refractivity contribution is 0.474. The molecule has 0 fully saturated rings. The number of rotatable bonds is 3. The lowest BCUT2D eigenvalue weighted by Crippen LogP contribution is -2.16. The zero-order chi connectivity index (χ0) is 19.1. The average molecular weight is 369 g/mol. The Hall–Kier alpha value is -4.07. The number of nitrogens with zero attached hydrogens (tertiary/aromatic N) is 7. The van der Waals surface area contributed by atoms with E-state index in [1.165, 1.54) is 0 Å². The molecule has 4 aromatic heterocycles. The van der Waals surface area contributed by atoms with Crippen molar-refractivity contribution in [3.63, 3.8) is 0 Å². The van der Waals surface area contributed by atoms with Crippen molar-refractivity contribution in [2.45, 2.75) is 0 Å².